The standard InChI is InChI=1S/C33H45FNO8PS/c1-21(2)8-13-27-32(3,43-27)31-30(40-4)26(14-15-33(31)19-42-33)35-28(38)17-24(37)18-45-25-11-9-22(10-12-25)16-23(36)6-5-7-29(39)41-20-44-34/h8-12,26-27,30-31,44H,5-7,13-20H2,1-4H3,(H,35,38)/t26-,27-,30-,31-,32+,33+/m1/s1. The van der Waals surface area contributed by atoms with E-state index in [1.54, 1.807) is 7.11 Å². The van der Waals surface area contributed by atoms with Crippen molar-refractivity contribution in [2.75, 3.05) is 25.8 Å². The summed E-state index contributed by atoms with van der Waals surface area (Å²) in [6.07, 6.45) is 4.82. The Balaban J connectivity index is 1.20. The van der Waals surface area contributed by atoms with Crippen molar-refractivity contribution < 1.29 is 42.3 Å². The molecule has 1 spiro atoms. The summed E-state index contributed by atoms with van der Waals surface area (Å²) in [5.74, 6) is -0.852. The normalized spacial score (nSPS) is 28.6. The van der Waals surface area contributed by atoms with Crippen LogP contribution in [0.1, 0.15) is 71.3 Å². The molecule has 1 amide bonds. The monoisotopic (exact) mass is 665 g/mol. The summed E-state index contributed by atoms with van der Waals surface area (Å²) in [5, 5.41) is 3.08. The molecule has 2 saturated heterocycles. The van der Waals surface area contributed by atoms with Crippen molar-refractivity contribution in [2.24, 2.45) is 5.92 Å². The zero-order valence-electron chi connectivity index (χ0n) is 26.5. The molecule has 1 saturated carbocycles. The molecule has 1 unspecified atom stereocenters. The van der Waals surface area contributed by atoms with Crippen LogP contribution in [-0.4, -0.2) is 78.7 Å². The van der Waals surface area contributed by atoms with Gasteiger partial charge in [-0.1, -0.05) is 23.8 Å². The fourth-order valence-electron chi connectivity index (χ4n) is 6.42. The minimum Gasteiger partial charge on any atom is -0.459 e. The summed E-state index contributed by atoms with van der Waals surface area (Å²) in [4.78, 5) is 50.2. The lowest BCUT2D eigenvalue weighted by Gasteiger charge is -2.43. The molecule has 1 aromatic rings. The first-order chi connectivity index (χ1) is 21.5. The largest absolute Gasteiger partial charge is 0.459 e. The number of nitrogens with one attached hydrogen (secondary N) is 1. The van der Waals surface area contributed by atoms with Gasteiger partial charge in [0.25, 0.3) is 0 Å². The van der Waals surface area contributed by atoms with Gasteiger partial charge in [0, 0.05) is 37.2 Å². The van der Waals surface area contributed by atoms with Crippen LogP contribution in [0.2, 0.25) is 0 Å². The third kappa shape index (κ3) is 9.91. The van der Waals surface area contributed by atoms with Crippen LogP contribution in [0, 0.1) is 5.92 Å². The lowest BCUT2D eigenvalue weighted by Crippen LogP contribution is -2.59. The molecule has 0 aromatic heterocycles. The molecule has 7 atom stereocenters. The number of carbonyl (C=O) groups is 4. The van der Waals surface area contributed by atoms with Crippen LogP contribution >= 0.6 is 20.7 Å². The average Bonchev–Trinajstić information content (AvgIpc) is 3.92. The van der Waals surface area contributed by atoms with Gasteiger partial charge in [0.05, 0.1) is 42.6 Å². The Morgan fingerprint density at radius 1 is 1.16 bits per heavy atom. The van der Waals surface area contributed by atoms with Crippen LogP contribution < -0.4 is 5.32 Å². The van der Waals surface area contributed by atoms with E-state index in [-0.39, 0.29) is 85.0 Å². The van der Waals surface area contributed by atoms with Gasteiger partial charge in [-0.3, -0.25) is 19.2 Å². The van der Waals surface area contributed by atoms with Crippen molar-refractivity contribution in [2.45, 2.75) is 106 Å². The quantitative estimate of drug-likeness (QED) is 0.0558. The number of amides is 1. The molecule has 45 heavy (non-hydrogen) atoms. The fraction of sp³-hybridized carbons (Fsp3) is 0.636. The Labute approximate surface area is 271 Å². The molecule has 248 valence electrons. The van der Waals surface area contributed by atoms with Crippen molar-refractivity contribution >= 4 is 44.1 Å². The highest BCUT2D eigenvalue weighted by molar-refractivity contribution is 8.00. The minimum atomic E-state index is -0.936. The lowest BCUT2D eigenvalue weighted by molar-refractivity contribution is -0.141. The van der Waals surface area contributed by atoms with E-state index in [9.17, 15) is 23.4 Å². The molecule has 2 aliphatic heterocycles. The number of thioether (sulfide) groups is 1. The third-order valence-corrected chi connectivity index (χ3v) is 10.2. The number of ketones is 2. The maximum atomic E-state index is 13.0. The highest BCUT2D eigenvalue weighted by Crippen LogP contribution is 2.59. The molecule has 12 heteroatoms. The predicted molar refractivity (Wildman–Crippen MR) is 171 cm³/mol. The van der Waals surface area contributed by atoms with E-state index in [2.05, 4.69) is 36.9 Å². The number of halogens is 1. The molecular weight excluding hydrogens is 620 g/mol. The molecule has 4 rings (SSSR count). The first kappa shape index (κ1) is 35.7. The van der Waals surface area contributed by atoms with Crippen molar-refractivity contribution in [3.8, 4) is 0 Å². The maximum absolute atomic E-state index is 13.0. The van der Waals surface area contributed by atoms with Gasteiger partial charge >= 0.3 is 5.97 Å². The second kappa shape index (κ2) is 16.1. The smallest absolute Gasteiger partial charge is 0.306 e. The van der Waals surface area contributed by atoms with E-state index in [1.807, 2.05) is 24.3 Å². The minimum absolute atomic E-state index is 0.00102. The average molecular weight is 666 g/mol. The first-order valence-corrected chi connectivity index (χ1v) is 17.6. The van der Waals surface area contributed by atoms with Crippen molar-refractivity contribution in [1.29, 1.82) is 0 Å². The highest BCUT2D eigenvalue weighted by Gasteiger charge is 2.71. The van der Waals surface area contributed by atoms with E-state index in [1.165, 1.54) is 17.3 Å². The van der Waals surface area contributed by atoms with Crippen LogP contribution in [0.4, 0.5) is 4.20 Å². The van der Waals surface area contributed by atoms with Gasteiger partial charge in [-0.2, -0.15) is 0 Å². The summed E-state index contributed by atoms with van der Waals surface area (Å²) in [6.45, 7) is 6.93. The summed E-state index contributed by atoms with van der Waals surface area (Å²) in [7, 11) is 0.726. The number of hydrogen-bond donors (Lipinski definition) is 1. The fourth-order valence-corrected chi connectivity index (χ4v) is 7.40. The number of methoxy groups -OCH3 is 1. The molecule has 1 aromatic carbocycles. The number of ether oxygens (including phenoxy) is 4. The van der Waals surface area contributed by atoms with E-state index in [0.29, 0.717) is 19.4 Å². The summed E-state index contributed by atoms with van der Waals surface area (Å²) in [6, 6.07) is 7.13. The van der Waals surface area contributed by atoms with Crippen LogP contribution in [0.15, 0.2) is 40.8 Å². The van der Waals surface area contributed by atoms with Crippen LogP contribution in [-0.2, 0) is 44.5 Å². The van der Waals surface area contributed by atoms with E-state index in [4.69, 9.17) is 14.2 Å². The molecule has 0 bridgehead atoms. The maximum Gasteiger partial charge on any atom is 0.306 e. The lowest BCUT2D eigenvalue weighted by atomic mass is 9.67. The van der Waals surface area contributed by atoms with Gasteiger partial charge in [0.1, 0.15) is 26.6 Å². The number of benzene rings is 1. The number of allylic oxidation sites excluding steroid dienone is 1. The Hall–Kier alpha value is -2.17. The number of rotatable bonds is 18. The summed E-state index contributed by atoms with van der Waals surface area (Å²) in [5.41, 5.74) is 1.41. The number of carbonyl (C=O) groups excluding carboxylic acids is 4. The summed E-state index contributed by atoms with van der Waals surface area (Å²) >= 11 is 1.35. The third-order valence-electron chi connectivity index (χ3n) is 8.85. The first-order valence-electron chi connectivity index (χ1n) is 15.5. The number of epoxide rings is 2. The molecule has 3 aliphatic rings. The van der Waals surface area contributed by atoms with Crippen molar-refractivity contribution in [3.05, 3.63) is 41.5 Å². The SMILES string of the molecule is CO[C@@H]1[C@H](NC(=O)CC(=O)CSc2ccc(CC(=O)CCCC(=O)OCPF)cc2)CC[C@]2(CO2)[C@H]1[C@@]1(C)O[C@@H]1CC=C(C)C. The van der Waals surface area contributed by atoms with Gasteiger partial charge in [-0.05, 0) is 64.2 Å². The number of Topliss-reactive ketones (excluding diaryl/α,β-unsaturated/α-hetero) is 2. The highest BCUT2D eigenvalue weighted by atomic mass is 32.2. The van der Waals surface area contributed by atoms with Gasteiger partial charge in [-0.25, -0.2) is 4.20 Å². The molecule has 9 nitrogen and oxygen atoms in total. The van der Waals surface area contributed by atoms with E-state index in [0.717, 1.165) is 23.3 Å². The topological polar surface area (TPSA) is 124 Å². The van der Waals surface area contributed by atoms with Crippen LogP contribution in [0.5, 0.6) is 0 Å². The Bertz CT molecular complexity index is 1250. The molecule has 0 radical (unpaired) electrons. The van der Waals surface area contributed by atoms with Gasteiger partial charge in [0.2, 0.25) is 5.91 Å². The predicted octanol–water partition coefficient (Wildman–Crippen LogP) is 5.28. The van der Waals surface area contributed by atoms with Gasteiger partial charge in [0.15, 0.2) is 5.78 Å². The van der Waals surface area contributed by atoms with Crippen LogP contribution in [0.25, 0.3) is 0 Å². The molecular formula is C33H45FNO8PS. The van der Waals surface area contributed by atoms with Gasteiger partial charge in [-0.15, -0.1) is 11.8 Å². The number of esters is 1. The van der Waals surface area contributed by atoms with E-state index >= 15 is 0 Å². The molecule has 3 fully saturated rings. The van der Waals surface area contributed by atoms with Gasteiger partial charge < -0.3 is 24.3 Å². The Morgan fingerprint density at radius 3 is 2.53 bits per heavy atom. The van der Waals surface area contributed by atoms with E-state index < -0.39 is 20.5 Å². The zero-order chi connectivity index (χ0) is 32.6. The van der Waals surface area contributed by atoms with Crippen LogP contribution in [0.3, 0.4) is 0 Å². The van der Waals surface area contributed by atoms with Crippen molar-refractivity contribution in [1.82, 2.24) is 5.32 Å². The zero-order valence-corrected chi connectivity index (χ0v) is 28.3. The molecule has 1 N–H and O–H groups in total. The second-order valence-electron chi connectivity index (χ2n) is 12.6. The molecule has 2 heterocycles. The summed E-state index contributed by atoms with van der Waals surface area (Å²) < 4.78 is 35.0. The Morgan fingerprint density at radius 2 is 1.89 bits per heavy atom. The molecule has 1 aliphatic carbocycles. The second-order valence-corrected chi connectivity index (χ2v) is 14.2. The number of hydrogen-bond acceptors (Lipinski definition) is 9. The Kier molecular flexibility index (Phi) is 12.8. The van der Waals surface area contributed by atoms with Crippen molar-refractivity contribution in [3.63, 3.8) is 0 Å².